The summed E-state index contributed by atoms with van der Waals surface area (Å²) in [6.07, 6.45) is 2.36. The van der Waals surface area contributed by atoms with Crippen LogP contribution in [0.4, 0.5) is 0 Å². The van der Waals surface area contributed by atoms with Crippen molar-refractivity contribution >= 4 is 0 Å². The van der Waals surface area contributed by atoms with Gasteiger partial charge in [-0.2, -0.15) is 0 Å². The molecule has 0 amide bonds. The minimum atomic E-state index is -0.588. The van der Waals surface area contributed by atoms with Crippen molar-refractivity contribution in [3.05, 3.63) is 12.2 Å². The van der Waals surface area contributed by atoms with E-state index in [2.05, 4.69) is 20.4 Å². The number of rotatable bonds is 1. The normalized spacial score (nSPS) is 54.5. The predicted octanol–water partition coefficient (Wildman–Crippen LogP) is 2.75. The van der Waals surface area contributed by atoms with Crippen molar-refractivity contribution in [1.29, 1.82) is 0 Å². The Morgan fingerprint density at radius 2 is 1.94 bits per heavy atom. The third-order valence-corrected chi connectivity index (χ3v) is 5.80. The standard InChI is InChI=1S/C15H26O2/c1-9(2)13-11-6-7-15(5,17)10(3)14(11,4)8-12(13)16/h10-13,16-17H,1,6-8H2,2-5H3/t10-,11?,12+,13+,14+,15+/m1/s1. The van der Waals surface area contributed by atoms with Crippen LogP contribution < -0.4 is 0 Å². The molecule has 2 N–H and O–H groups in total. The minimum Gasteiger partial charge on any atom is -0.392 e. The second-order valence-corrected chi connectivity index (χ2v) is 6.87. The van der Waals surface area contributed by atoms with Crippen LogP contribution in [0.3, 0.4) is 0 Å². The molecule has 0 spiro atoms. The zero-order valence-electron chi connectivity index (χ0n) is 11.5. The zero-order chi connectivity index (χ0) is 13.0. The highest BCUT2D eigenvalue weighted by atomic mass is 16.3. The fraction of sp³-hybridized carbons (Fsp3) is 0.867. The summed E-state index contributed by atoms with van der Waals surface area (Å²) in [5.41, 5.74) is 0.555. The lowest BCUT2D eigenvalue weighted by molar-refractivity contribution is -0.108. The molecule has 0 bridgehead atoms. The van der Waals surface area contributed by atoms with Crippen LogP contribution in [0, 0.1) is 23.2 Å². The van der Waals surface area contributed by atoms with Crippen LogP contribution >= 0.6 is 0 Å². The first-order chi connectivity index (χ1) is 7.70. The fourth-order valence-electron chi connectivity index (χ4n) is 4.46. The fourth-order valence-corrected chi connectivity index (χ4v) is 4.46. The van der Waals surface area contributed by atoms with Gasteiger partial charge in [0.15, 0.2) is 0 Å². The highest BCUT2D eigenvalue weighted by molar-refractivity contribution is 5.15. The molecule has 0 aromatic carbocycles. The van der Waals surface area contributed by atoms with E-state index in [0.29, 0.717) is 5.92 Å². The number of hydrogen-bond donors (Lipinski definition) is 2. The average Bonchev–Trinajstić information content (AvgIpc) is 2.45. The van der Waals surface area contributed by atoms with Crippen molar-refractivity contribution in [3.63, 3.8) is 0 Å². The molecule has 0 aromatic rings. The lowest BCUT2D eigenvalue weighted by atomic mass is 9.56. The SMILES string of the molecule is C=C(C)[C@H]1C2CC[C@](C)(O)[C@H](C)[C@]2(C)C[C@@H]1O. The Morgan fingerprint density at radius 3 is 2.47 bits per heavy atom. The van der Waals surface area contributed by atoms with E-state index < -0.39 is 5.60 Å². The molecule has 2 aliphatic rings. The predicted molar refractivity (Wildman–Crippen MR) is 69.5 cm³/mol. The molecular formula is C15H26O2. The van der Waals surface area contributed by atoms with Crippen molar-refractivity contribution in [2.75, 3.05) is 0 Å². The van der Waals surface area contributed by atoms with E-state index in [0.717, 1.165) is 24.8 Å². The summed E-state index contributed by atoms with van der Waals surface area (Å²) in [4.78, 5) is 0. The Morgan fingerprint density at radius 1 is 1.35 bits per heavy atom. The molecule has 1 unspecified atom stereocenters. The van der Waals surface area contributed by atoms with E-state index in [1.165, 1.54) is 0 Å². The van der Waals surface area contributed by atoms with E-state index in [1.54, 1.807) is 0 Å². The quantitative estimate of drug-likeness (QED) is 0.690. The maximum absolute atomic E-state index is 10.5. The molecule has 0 aliphatic heterocycles. The molecule has 0 heterocycles. The van der Waals surface area contributed by atoms with Crippen LogP contribution in [0.15, 0.2) is 12.2 Å². The number of aliphatic hydroxyl groups is 2. The number of aliphatic hydroxyl groups excluding tert-OH is 1. The van der Waals surface area contributed by atoms with Gasteiger partial charge in [0.05, 0.1) is 11.7 Å². The highest BCUT2D eigenvalue weighted by Crippen LogP contribution is 2.61. The third kappa shape index (κ3) is 1.77. The Labute approximate surface area is 105 Å². The second kappa shape index (κ2) is 3.83. The molecule has 6 atom stereocenters. The molecule has 0 aromatic heterocycles. The van der Waals surface area contributed by atoms with Gasteiger partial charge >= 0.3 is 0 Å². The summed E-state index contributed by atoms with van der Waals surface area (Å²) >= 11 is 0. The van der Waals surface area contributed by atoms with Crippen LogP contribution in [0.2, 0.25) is 0 Å². The Hall–Kier alpha value is -0.340. The molecule has 2 nitrogen and oxygen atoms in total. The van der Waals surface area contributed by atoms with Crippen molar-refractivity contribution in [3.8, 4) is 0 Å². The molecule has 0 saturated heterocycles. The Bertz CT molecular complexity index is 334. The van der Waals surface area contributed by atoms with Crippen LogP contribution in [0.1, 0.15) is 47.0 Å². The van der Waals surface area contributed by atoms with Crippen molar-refractivity contribution in [1.82, 2.24) is 0 Å². The van der Waals surface area contributed by atoms with Gasteiger partial charge in [0.2, 0.25) is 0 Å². The van der Waals surface area contributed by atoms with Gasteiger partial charge in [0, 0.05) is 5.92 Å². The molecule has 2 rings (SSSR count). The lowest BCUT2D eigenvalue weighted by Gasteiger charge is -2.51. The number of fused-ring (bicyclic) bond motifs is 1. The Kier molecular flexibility index (Phi) is 2.95. The zero-order valence-corrected chi connectivity index (χ0v) is 11.5. The monoisotopic (exact) mass is 238 g/mol. The van der Waals surface area contributed by atoms with Crippen molar-refractivity contribution in [2.24, 2.45) is 23.2 Å². The smallest absolute Gasteiger partial charge is 0.0650 e. The van der Waals surface area contributed by atoms with Gasteiger partial charge in [0.25, 0.3) is 0 Å². The molecular weight excluding hydrogens is 212 g/mol. The maximum Gasteiger partial charge on any atom is 0.0650 e. The molecule has 98 valence electrons. The second-order valence-electron chi connectivity index (χ2n) is 6.87. The highest BCUT2D eigenvalue weighted by Gasteiger charge is 2.58. The van der Waals surface area contributed by atoms with Crippen molar-refractivity contribution in [2.45, 2.75) is 58.7 Å². The topological polar surface area (TPSA) is 40.5 Å². The van der Waals surface area contributed by atoms with Crippen LogP contribution in [0.25, 0.3) is 0 Å². The molecule has 2 fully saturated rings. The van der Waals surface area contributed by atoms with Gasteiger partial charge in [-0.25, -0.2) is 0 Å². The van der Waals surface area contributed by atoms with Crippen LogP contribution in [-0.4, -0.2) is 21.9 Å². The first-order valence-corrected chi connectivity index (χ1v) is 6.76. The summed E-state index contributed by atoms with van der Waals surface area (Å²) in [6, 6.07) is 0. The van der Waals surface area contributed by atoms with Gasteiger partial charge in [-0.15, -0.1) is 0 Å². The van der Waals surface area contributed by atoms with Crippen molar-refractivity contribution < 1.29 is 10.2 Å². The van der Waals surface area contributed by atoms with Gasteiger partial charge in [-0.1, -0.05) is 26.0 Å². The Balaban J connectivity index is 2.35. The van der Waals surface area contributed by atoms with E-state index in [4.69, 9.17) is 0 Å². The average molecular weight is 238 g/mol. The largest absolute Gasteiger partial charge is 0.392 e. The van der Waals surface area contributed by atoms with E-state index in [-0.39, 0.29) is 23.4 Å². The summed E-state index contributed by atoms with van der Waals surface area (Å²) in [5.74, 6) is 0.927. The summed E-state index contributed by atoms with van der Waals surface area (Å²) in [7, 11) is 0. The molecule has 0 radical (unpaired) electrons. The van der Waals surface area contributed by atoms with E-state index in [9.17, 15) is 10.2 Å². The first-order valence-electron chi connectivity index (χ1n) is 6.76. The van der Waals surface area contributed by atoms with Gasteiger partial charge in [0.1, 0.15) is 0 Å². The molecule has 17 heavy (non-hydrogen) atoms. The summed E-state index contributed by atoms with van der Waals surface area (Å²) in [6.45, 7) is 12.4. The molecule has 2 heteroatoms. The van der Waals surface area contributed by atoms with Gasteiger partial charge in [-0.05, 0) is 50.4 Å². The van der Waals surface area contributed by atoms with Gasteiger partial charge in [-0.3, -0.25) is 0 Å². The van der Waals surface area contributed by atoms with Gasteiger partial charge < -0.3 is 10.2 Å². The molecule has 2 aliphatic carbocycles. The third-order valence-electron chi connectivity index (χ3n) is 5.80. The van der Waals surface area contributed by atoms with E-state index in [1.807, 2.05) is 13.8 Å². The minimum absolute atomic E-state index is 0.0464. The summed E-state index contributed by atoms with van der Waals surface area (Å²) in [5, 5.41) is 20.8. The first kappa shape index (κ1) is 13.1. The van der Waals surface area contributed by atoms with Crippen LogP contribution in [-0.2, 0) is 0 Å². The van der Waals surface area contributed by atoms with E-state index >= 15 is 0 Å². The maximum atomic E-state index is 10.5. The van der Waals surface area contributed by atoms with Crippen LogP contribution in [0.5, 0.6) is 0 Å². The molecule has 2 saturated carbocycles. The lowest BCUT2D eigenvalue weighted by Crippen LogP contribution is -2.50. The summed E-state index contributed by atoms with van der Waals surface area (Å²) < 4.78 is 0. The number of hydrogen-bond acceptors (Lipinski definition) is 2.